The van der Waals surface area contributed by atoms with Crippen molar-refractivity contribution in [1.82, 2.24) is 4.90 Å². The zero-order valence-corrected chi connectivity index (χ0v) is 7.09. The van der Waals surface area contributed by atoms with E-state index in [0.29, 0.717) is 6.04 Å². The molecule has 0 aromatic rings. The van der Waals surface area contributed by atoms with E-state index in [1.165, 1.54) is 0 Å². The topological polar surface area (TPSA) is 23.5 Å². The second-order valence-corrected chi connectivity index (χ2v) is 3.81. The lowest BCUT2D eigenvalue weighted by Gasteiger charge is -2.21. The molecule has 0 aliphatic carbocycles. The Bertz CT molecular complexity index is 120. The summed E-state index contributed by atoms with van der Waals surface area (Å²) in [6.07, 6.45) is 0.922. The second-order valence-electron chi connectivity index (χ2n) is 3.81. The maximum Gasteiger partial charge on any atom is 0.0758 e. The molecular weight excluding hydrogens is 126 g/mol. The van der Waals surface area contributed by atoms with Crippen molar-refractivity contribution in [3.63, 3.8) is 0 Å². The minimum Gasteiger partial charge on any atom is -0.389 e. The zero-order valence-electron chi connectivity index (χ0n) is 7.09. The van der Waals surface area contributed by atoms with Crippen molar-refractivity contribution in [3.05, 3.63) is 0 Å². The van der Waals surface area contributed by atoms with Crippen LogP contribution in [0.4, 0.5) is 0 Å². The minimum atomic E-state index is -0.426. The van der Waals surface area contributed by atoms with Crippen LogP contribution in [0, 0.1) is 0 Å². The molecule has 0 spiro atoms. The van der Waals surface area contributed by atoms with Crippen LogP contribution in [-0.2, 0) is 0 Å². The van der Waals surface area contributed by atoms with E-state index >= 15 is 0 Å². The number of hydrogen-bond acceptors (Lipinski definition) is 2. The molecule has 60 valence electrons. The Balaban J connectivity index is 2.43. The molecule has 1 atom stereocenters. The summed E-state index contributed by atoms with van der Waals surface area (Å²) in [6.45, 7) is 8.13. The Hall–Kier alpha value is -0.0800. The molecule has 0 bridgehead atoms. The van der Waals surface area contributed by atoms with Crippen molar-refractivity contribution < 1.29 is 5.11 Å². The SMILES string of the molecule is CC(C)N1CC[C@](C)(O)C1. The first kappa shape index (κ1) is 8.02. The van der Waals surface area contributed by atoms with E-state index in [0.717, 1.165) is 19.5 Å². The van der Waals surface area contributed by atoms with Gasteiger partial charge in [-0.25, -0.2) is 0 Å². The van der Waals surface area contributed by atoms with Crippen molar-refractivity contribution in [1.29, 1.82) is 0 Å². The summed E-state index contributed by atoms with van der Waals surface area (Å²) in [4.78, 5) is 2.31. The molecule has 0 radical (unpaired) electrons. The highest BCUT2D eigenvalue weighted by Crippen LogP contribution is 2.21. The van der Waals surface area contributed by atoms with E-state index in [2.05, 4.69) is 18.7 Å². The molecule has 10 heavy (non-hydrogen) atoms. The molecule has 1 saturated heterocycles. The highest BCUT2D eigenvalue weighted by atomic mass is 16.3. The van der Waals surface area contributed by atoms with E-state index in [1.807, 2.05) is 6.92 Å². The van der Waals surface area contributed by atoms with E-state index < -0.39 is 5.60 Å². The first-order valence-electron chi connectivity index (χ1n) is 3.98. The van der Waals surface area contributed by atoms with Gasteiger partial charge in [-0.05, 0) is 27.2 Å². The molecule has 1 heterocycles. The van der Waals surface area contributed by atoms with Gasteiger partial charge in [0.15, 0.2) is 0 Å². The highest BCUT2D eigenvalue weighted by molar-refractivity contribution is 4.86. The third-order valence-electron chi connectivity index (χ3n) is 2.21. The lowest BCUT2D eigenvalue weighted by molar-refractivity contribution is 0.0646. The van der Waals surface area contributed by atoms with Crippen LogP contribution in [0.3, 0.4) is 0 Å². The number of nitrogens with zero attached hydrogens (tertiary/aromatic N) is 1. The van der Waals surface area contributed by atoms with Crippen LogP contribution in [0.5, 0.6) is 0 Å². The number of likely N-dealkylation sites (tertiary alicyclic amines) is 1. The van der Waals surface area contributed by atoms with Crippen LogP contribution in [0.25, 0.3) is 0 Å². The largest absolute Gasteiger partial charge is 0.389 e. The lowest BCUT2D eigenvalue weighted by atomic mass is 10.1. The molecule has 2 nitrogen and oxygen atoms in total. The third-order valence-corrected chi connectivity index (χ3v) is 2.21. The fraction of sp³-hybridized carbons (Fsp3) is 1.00. The van der Waals surface area contributed by atoms with Gasteiger partial charge in [0.1, 0.15) is 0 Å². The van der Waals surface area contributed by atoms with Gasteiger partial charge in [-0.15, -0.1) is 0 Å². The average Bonchev–Trinajstić information content (AvgIpc) is 2.10. The molecule has 0 aromatic carbocycles. The van der Waals surface area contributed by atoms with E-state index in [-0.39, 0.29) is 0 Å². The highest BCUT2D eigenvalue weighted by Gasteiger charge is 2.31. The van der Waals surface area contributed by atoms with Gasteiger partial charge in [0.25, 0.3) is 0 Å². The van der Waals surface area contributed by atoms with Gasteiger partial charge < -0.3 is 5.11 Å². The molecule has 0 amide bonds. The number of hydrogen-bond donors (Lipinski definition) is 1. The van der Waals surface area contributed by atoms with E-state index in [9.17, 15) is 5.11 Å². The van der Waals surface area contributed by atoms with Gasteiger partial charge in [0.2, 0.25) is 0 Å². The quantitative estimate of drug-likeness (QED) is 0.588. The summed E-state index contributed by atoms with van der Waals surface area (Å²) in [6, 6.07) is 0.578. The minimum absolute atomic E-state index is 0.426. The number of aliphatic hydroxyl groups is 1. The predicted octanol–water partition coefficient (Wildman–Crippen LogP) is 0.851. The van der Waals surface area contributed by atoms with Gasteiger partial charge >= 0.3 is 0 Å². The van der Waals surface area contributed by atoms with Crippen LogP contribution in [0.2, 0.25) is 0 Å². The molecule has 1 aliphatic rings. The van der Waals surface area contributed by atoms with Gasteiger partial charge in [0, 0.05) is 19.1 Å². The smallest absolute Gasteiger partial charge is 0.0758 e. The Kier molecular flexibility index (Phi) is 2.02. The Morgan fingerprint density at radius 2 is 2.10 bits per heavy atom. The third kappa shape index (κ3) is 1.70. The summed E-state index contributed by atoms with van der Waals surface area (Å²) in [5.74, 6) is 0. The maximum atomic E-state index is 9.57. The van der Waals surface area contributed by atoms with Crippen molar-refractivity contribution in [2.45, 2.75) is 38.8 Å². The van der Waals surface area contributed by atoms with Gasteiger partial charge in [-0.1, -0.05) is 0 Å². The molecule has 0 aromatic heterocycles. The second kappa shape index (κ2) is 2.51. The van der Waals surface area contributed by atoms with Crippen molar-refractivity contribution in [3.8, 4) is 0 Å². The predicted molar refractivity (Wildman–Crippen MR) is 41.9 cm³/mol. The molecule has 1 rings (SSSR count). The standard InChI is InChI=1S/C8H17NO/c1-7(2)9-5-4-8(3,10)6-9/h7,10H,4-6H2,1-3H3/t8-/m0/s1. The van der Waals surface area contributed by atoms with Crippen molar-refractivity contribution in [2.24, 2.45) is 0 Å². The van der Waals surface area contributed by atoms with E-state index in [4.69, 9.17) is 0 Å². The summed E-state index contributed by atoms with van der Waals surface area (Å²) < 4.78 is 0. The van der Waals surface area contributed by atoms with Crippen molar-refractivity contribution in [2.75, 3.05) is 13.1 Å². The Morgan fingerprint density at radius 1 is 1.50 bits per heavy atom. The van der Waals surface area contributed by atoms with Crippen molar-refractivity contribution >= 4 is 0 Å². The van der Waals surface area contributed by atoms with Gasteiger partial charge in [0.05, 0.1) is 5.60 Å². The van der Waals surface area contributed by atoms with E-state index in [1.54, 1.807) is 0 Å². The summed E-state index contributed by atoms with van der Waals surface area (Å²) >= 11 is 0. The molecule has 1 N–H and O–H groups in total. The molecular formula is C8H17NO. The van der Waals surface area contributed by atoms with Crippen LogP contribution < -0.4 is 0 Å². The number of rotatable bonds is 1. The van der Waals surface area contributed by atoms with Crippen LogP contribution >= 0.6 is 0 Å². The average molecular weight is 143 g/mol. The Labute approximate surface area is 62.8 Å². The molecule has 2 heteroatoms. The number of β-amino-alcohol motifs (C(OH)–C–C–N with tert-alkyl or cyclic N) is 1. The first-order valence-corrected chi connectivity index (χ1v) is 3.98. The summed E-state index contributed by atoms with van der Waals surface area (Å²) in [5.41, 5.74) is -0.426. The Morgan fingerprint density at radius 3 is 2.30 bits per heavy atom. The summed E-state index contributed by atoms with van der Waals surface area (Å²) in [7, 11) is 0. The summed E-state index contributed by atoms with van der Waals surface area (Å²) in [5, 5.41) is 9.57. The van der Waals surface area contributed by atoms with Gasteiger partial charge in [-0.3, -0.25) is 4.90 Å². The fourth-order valence-electron chi connectivity index (χ4n) is 1.42. The van der Waals surface area contributed by atoms with Crippen LogP contribution in [0.1, 0.15) is 27.2 Å². The van der Waals surface area contributed by atoms with Gasteiger partial charge in [-0.2, -0.15) is 0 Å². The molecule has 1 aliphatic heterocycles. The zero-order chi connectivity index (χ0) is 7.78. The maximum absolute atomic E-state index is 9.57. The van der Waals surface area contributed by atoms with Crippen LogP contribution in [-0.4, -0.2) is 34.7 Å². The van der Waals surface area contributed by atoms with Crippen LogP contribution in [0.15, 0.2) is 0 Å². The monoisotopic (exact) mass is 143 g/mol. The first-order chi connectivity index (χ1) is 4.51. The normalized spacial score (nSPS) is 35.7. The molecule has 0 unspecified atom stereocenters. The fourth-order valence-corrected chi connectivity index (χ4v) is 1.42. The lowest BCUT2D eigenvalue weighted by Crippen LogP contribution is -2.33. The molecule has 0 saturated carbocycles. The molecule has 1 fully saturated rings.